The highest BCUT2D eigenvalue weighted by Crippen LogP contribution is 2.25. The van der Waals surface area contributed by atoms with Crippen LogP contribution >= 0.6 is 22.6 Å². The summed E-state index contributed by atoms with van der Waals surface area (Å²) >= 11 is 2.13. The van der Waals surface area contributed by atoms with E-state index in [4.69, 9.17) is 10.6 Å². The lowest BCUT2D eigenvalue weighted by atomic mass is 10.3. The van der Waals surface area contributed by atoms with Crippen molar-refractivity contribution in [3.05, 3.63) is 45.5 Å². The van der Waals surface area contributed by atoms with E-state index in [2.05, 4.69) is 27.6 Å². The molecule has 1 aromatic carbocycles. The summed E-state index contributed by atoms with van der Waals surface area (Å²) in [6.07, 6.45) is 0. The Morgan fingerprint density at radius 2 is 1.83 bits per heavy atom. The topological polar surface area (TPSA) is 60.2 Å². The van der Waals surface area contributed by atoms with Gasteiger partial charge in [-0.25, -0.2) is 14.6 Å². The van der Waals surface area contributed by atoms with Crippen molar-refractivity contribution in [2.45, 2.75) is 0 Å². The fraction of sp³-hybridized carbons (Fsp3) is 0. The number of hydrogen-bond donors (Lipinski definition) is 2. The molecule has 2 rings (SSSR count). The second-order valence-corrected chi connectivity index (χ2v) is 4.55. The molecular weight excluding hydrogens is 355 g/mol. The van der Waals surface area contributed by atoms with E-state index in [9.17, 15) is 8.78 Å². The lowest BCUT2D eigenvalue weighted by Crippen LogP contribution is -2.11. The Labute approximate surface area is 115 Å². The highest BCUT2D eigenvalue weighted by molar-refractivity contribution is 14.1. The van der Waals surface area contributed by atoms with Crippen molar-refractivity contribution in [2.75, 3.05) is 5.43 Å². The van der Waals surface area contributed by atoms with E-state index in [1.54, 1.807) is 24.3 Å². The van der Waals surface area contributed by atoms with Crippen LogP contribution in [-0.2, 0) is 0 Å². The molecule has 0 aliphatic carbocycles. The third-order valence-corrected chi connectivity index (χ3v) is 2.78. The zero-order valence-electron chi connectivity index (χ0n) is 8.95. The number of benzene rings is 1. The summed E-state index contributed by atoms with van der Waals surface area (Å²) in [4.78, 5) is 3.60. The van der Waals surface area contributed by atoms with Crippen LogP contribution in [0.3, 0.4) is 0 Å². The van der Waals surface area contributed by atoms with Gasteiger partial charge in [-0.3, -0.25) is 0 Å². The highest BCUT2D eigenvalue weighted by Gasteiger charge is 2.13. The van der Waals surface area contributed by atoms with E-state index < -0.39 is 11.6 Å². The Balaban J connectivity index is 2.31. The number of hydrogen-bond acceptors (Lipinski definition) is 4. The van der Waals surface area contributed by atoms with Crippen LogP contribution in [0.25, 0.3) is 0 Å². The first-order valence-electron chi connectivity index (χ1n) is 4.86. The molecule has 3 N–H and O–H groups in total. The molecule has 1 heterocycles. The smallest absolute Gasteiger partial charge is 0.258 e. The van der Waals surface area contributed by atoms with E-state index >= 15 is 0 Å². The van der Waals surface area contributed by atoms with Gasteiger partial charge in [-0.2, -0.15) is 4.98 Å². The van der Waals surface area contributed by atoms with Crippen LogP contribution in [0.5, 0.6) is 11.6 Å². The normalized spacial score (nSPS) is 10.2. The lowest BCUT2D eigenvalue weighted by molar-refractivity contribution is 0.418. The van der Waals surface area contributed by atoms with Gasteiger partial charge in [0, 0.05) is 9.64 Å². The van der Waals surface area contributed by atoms with Crippen LogP contribution < -0.4 is 16.0 Å². The third-order valence-electron chi connectivity index (χ3n) is 2.06. The van der Waals surface area contributed by atoms with Crippen LogP contribution in [0.2, 0.25) is 0 Å². The van der Waals surface area contributed by atoms with Gasteiger partial charge in [-0.1, -0.05) is 0 Å². The molecule has 0 spiro atoms. The Kier molecular flexibility index (Phi) is 3.92. The maximum Gasteiger partial charge on any atom is 0.258 e. The van der Waals surface area contributed by atoms with Gasteiger partial charge in [0.25, 0.3) is 5.88 Å². The predicted octanol–water partition coefficient (Wildman–Crippen LogP) is 3.04. The molecule has 2 aromatic rings. The molecule has 0 unspecified atom stereocenters. The third kappa shape index (κ3) is 2.85. The monoisotopic (exact) mass is 363 g/mol. The summed E-state index contributed by atoms with van der Waals surface area (Å²) < 4.78 is 32.8. The molecule has 7 heteroatoms. The van der Waals surface area contributed by atoms with E-state index in [1.807, 2.05) is 5.43 Å². The number of rotatable bonds is 3. The largest absolute Gasteiger partial charge is 0.436 e. The molecule has 0 bridgehead atoms. The molecule has 0 saturated carbocycles. The quantitative estimate of drug-likeness (QED) is 0.500. The van der Waals surface area contributed by atoms with Crippen molar-refractivity contribution in [1.29, 1.82) is 0 Å². The number of aromatic nitrogens is 1. The number of pyridine rings is 1. The van der Waals surface area contributed by atoms with Gasteiger partial charge in [0.1, 0.15) is 5.75 Å². The summed E-state index contributed by atoms with van der Waals surface area (Å²) in [5, 5.41) is 0. The Hall–Kier alpha value is -1.48. The van der Waals surface area contributed by atoms with Crippen molar-refractivity contribution in [1.82, 2.24) is 4.98 Å². The SMILES string of the molecule is NNc1nc(Oc2ccc(I)cc2)c(F)cc1F. The number of nitrogens with zero attached hydrogens (tertiary/aromatic N) is 1. The first kappa shape index (κ1) is 13.0. The summed E-state index contributed by atoms with van der Waals surface area (Å²) in [6.45, 7) is 0. The van der Waals surface area contributed by atoms with Crippen molar-refractivity contribution in [3.63, 3.8) is 0 Å². The van der Waals surface area contributed by atoms with E-state index in [0.717, 1.165) is 3.57 Å². The number of nitrogens with two attached hydrogens (primary N) is 1. The molecule has 18 heavy (non-hydrogen) atoms. The van der Waals surface area contributed by atoms with Gasteiger partial charge in [-0.15, -0.1) is 0 Å². The Morgan fingerprint density at radius 1 is 1.17 bits per heavy atom. The van der Waals surface area contributed by atoms with Crippen LogP contribution in [0, 0.1) is 15.2 Å². The van der Waals surface area contributed by atoms with Crippen molar-refractivity contribution in [2.24, 2.45) is 5.84 Å². The first-order chi connectivity index (χ1) is 8.60. The predicted molar refractivity (Wildman–Crippen MR) is 71.2 cm³/mol. The van der Waals surface area contributed by atoms with Crippen LogP contribution in [0.4, 0.5) is 14.6 Å². The zero-order chi connectivity index (χ0) is 13.1. The molecule has 1 aromatic heterocycles. The average molecular weight is 363 g/mol. The minimum atomic E-state index is -0.898. The molecule has 0 aliphatic rings. The van der Waals surface area contributed by atoms with Gasteiger partial charge in [0.2, 0.25) is 0 Å². The molecule has 94 valence electrons. The van der Waals surface area contributed by atoms with E-state index in [-0.39, 0.29) is 11.7 Å². The van der Waals surface area contributed by atoms with E-state index in [1.165, 1.54) is 0 Å². The molecule has 0 amide bonds. The fourth-order valence-electron chi connectivity index (χ4n) is 1.24. The van der Waals surface area contributed by atoms with Gasteiger partial charge in [0.15, 0.2) is 17.5 Å². The van der Waals surface area contributed by atoms with Crippen molar-refractivity contribution < 1.29 is 13.5 Å². The summed E-state index contributed by atoms with van der Waals surface area (Å²) in [6, 6.07) is 7.55. The van der Waals surface area contributed by atoms with Crippen LogP contribution in [-0.4, -0.2) is 4.98 Å². The zero-order valence-corrected chi connectivity index (χ0v) is 11.1. The molecule has 0 atom stereocenters. The van der Waals surface area contributed by atoms with Crippen molar-refractivity contribution >= 4 is 28.4 Å². The molecule has 4 nitrogen and oxygen atoms in total. The molecule has 0 radical (unpaired) electrons. The highest BCUT2D eigenvalue weighted by atomic mass is 127. The average Bonchev–Trinajstić information content (AvgIpc) is 2.35. The second kappa shape index (κ2) is 5.44. The van der Waals surface area contributed by atoms with Gasteiger partial charge < -0.3 is 10.2 Å². The number of hydrazine groups is 1. The number of nitrogens with one attached hydrogen (secondary N) is 1. The molecule has 0 fully saturated rings. The minimum Gasteiger partial charge on any atom is -0.436 e. The maximum atomic E-state index is 13.4. The molecular formula is C11H8F2IN3O. The van der Waals surface area contributed by atoms with Gasteiger partial charge in [0.05, 0.1) is 0 Å². The Morgan fingerprint density at radius 3 is 2.44 bits per heavy atom. The van der Waals surface area contributed by atoms with Gasteiger partial charge in [-0.05, 0) is 46.9 Å². The summed E-state index contributed by atoms with van der Waals surface area (Å²) in [7, 11) is 0. The standard InChI is InChI=1S/C11H8F2IN3O/c12-8-5-9(13)11(16-10(8)17-15)18-7-3-1-6(14)2-4-7/h1-5H,15H2,(H,16,17). The van der Waals surface area contributed by atoms with Crippen LogP contribution in [0.15, 0.2) is 30.3 Å². The first-order valence-corrected chi connectivity index (χ1v) is 5.94. The maximum absolute atomic E-state index is 13.4. The second-order valence-electron chi connectivity index (χ2n) is 3.31. The fourth-order valence-corrected chi connectivity index (χ4v) is 1.60. The minimum absolute atomic E-state index is 0.281. The molecule has 0 saturated heterocycles. The number of anilines is 1. The van der Waals surface area contributed by atoms with Crippen molar-refractivity contribution in [3.8, 4) is 11.6 Å². The van der Waals surface area contributed by atoms with Crippen LogP contribution in [0.1, 0.15) is 0 Å². The number of halogens is 3. The Bertz CT molecular complexity index is 563. The number of ether oxygens (including phenoxy) is 1. The summed E-state index contributed by atoms with van der Waals surface area (Å²) in [5.74, 6) is 3.05. The summed E-state index contributed by atoms with van der Waals surface area (Å²) in [5.41, 5.74) is 2.02. The lowest BCUT2D eigenvalue weighted by Gasteiger charge is -2.08. The number of nitrogen functional groups attached to an aromatic ring is 1. The van der Waals surface area contributed by atoms with Gasteiger partial charge >= 0.3 is 0 Å². The molecule has 0 aliphatic heterocycles. The van der Waals surface area contributed by atoms with E-state index in [0.29, 0.717) is 11.8 Å².